The summed E-state index contributed by atoms with van der Waals surface area (Å²) in [4.78, 5) is 19.6. The minimum absolute atomic E-state index is 0.0499. The monoisotopic (exact) mass is 506 g/mol. The Hall–Kier alpha value is -2.63. The number of carbonyl (C=O) groups is 1. The Bertz CT molecular complexity index is 1210. The van der Waals surface area contributed by atoms with Gasteiger partial charge in [-0.1, -0.05) is 55.1 Å². The maximum Gasteiger partial charge on any atom is 0.254 e. The van der Waals surface area contributed by atoms with Gasteiger partial charge in [0.2, 0.25) is 0 Å². The SMILES string of the molecule is O=C(NC1CCCCC1)c1c(N=Cc2ccccc2OCc2cccc(Cl)c2)sc2c1CCCC2. The van der Waals surface area contributed by atoms with Crippen molar-refractivity contribution in [2.45, 2.75) is 70.4 Å². The molecule has 1 amide bonds. The van der Waals surface area contributed by atoms with E-state index in [-0.39, 0.29) is 11.9 Å². The molecule has 1 saturated carbocycles. The molecule has 0 aliphatic heterocycles. The van der Waals surface area contributed by atoms with Gasteiger partial charge in [-0.3, -0.25) is 4.79 Å². The predicted molar refractivity (Wildman–Crippen MR) is 145 cm³/mol. The molecule has 6 heteroatoms. The summed E-state index contributed by atoms with van der Waals surface area (Å²) in [5, 5.41) is 4.83. The molecule has 1 fully saturated rings. The molecule has 0 atom stereocenters. The number of nitrogens with zero attached hydrogens (tertiary/aromatic N) is 1. The van der Waals surface area contributed by atoms with Gasteiger partial charge in [0.15, 0.2) is 0 Å². The number of hydrogen-bond acceptors (Lipinski definition) is 4. The quantitative estimate of drug-likeness (QED) is 0.334. The summed E-state index contributed by atoms with van der Waals surface area (Å²) < 4.78 is 6.10. The van der Waals surface area contributed by atoms with Crippen LogP contribution in [0.25, 0.3) is 0 Å². The van der Waals surface area contributed by atoms with E-state index in [2.05, 4.69) is 5.32 Å². The predicted octanol–water partition coefficient (Wildman–Crippen LogP) is 7.67. The summed E-state index contributed by atoms with van der Waals surface area (Å²) >= 11 is 7.79. The molecule has 2 aromatic carbocycles. The zero-order valence-electron chi connectivity index (χ0n) is 19.9. The van der Waals surface area contributed by atoms with Gasteiger partial charge in [-0.15, -0.1) is 11.3 Å². The third-order valence-electron chi connectivity index (χ3n) is 6.84. The number of nitrogens with one attached hydrogen (secondary N) is 1. The molecular weight excluding hydrogens is 476 g/mol. The summed E-state index contributed by atoms with van der Waals surface area (Å²) in [5.41, 5.74) is 3.91. The Labute approximate surface area is 216 Å². The molecule has 0 radical (unpaired) electrons. The van der Waals surface area contributed by atoms with Crippen molar-refractivity contribution in [1.29, 1.82) is 0 Å². The fourth-order valence-corrected chi connectivity index (χ4v) is 6.46. The number of hydrogen-bond donors (Lipinski definition) is 1. The highest BCUT2D eigenvalue weighted by Gasteiger charge is 2.27. The van der Waals surface area contributed by atoms with Gasteiger partial charge in [-0.25, -0.2) is 4.99 Å². The van der Waals surface area contributed by atoms with Crippen LogP contribution in [0.15, 0.2) is 53.5 Å². The van der Waals surface area contributed by atoms with E-state index in [1.165, 1.54) is 36.1 Å². The van der Waals surface area contributed by atoms with Crippen molar-refractivity contribution >= 4 is 40.1 Å². The van der Waals surface area contributed by atoms with Gasteiger partial charge < -0.3 is 10.1 Å². The second-order valence-electron chi connectivity index (χ2n) is 9.41. The molecule has 0 unspecified atom stereocenters. The van der Waals surface area contributed by atoms with Crippen LogP contribution in [-0.2, 0) is 19.4 Å². The normalized spacial score (nSPS) is 16.3. The summed E-state index contributed by atoms with van der Waals surface area (Å²) in [6.45, 7) is 0.424. The molecule has 0 bridgehead atoms. The number of para-hydroxylation sites is 1. The fraction of sp³-hybridized carbons (Fsp3) is 0.379. The molecule has 2 aliphatic rings. The smallest absolute Gasteiger partial charge is 0.254 e. The number of rotatable bonds is 7. The van der Waals surface area contributed by atoms with Crippen LogP contribution >= 0.6 is 22.9 Å². The lowest BCUT2D eigenvalue weighted by atomic mass is 9.93. The van der Waals surface area contributed by atoms with Gasteiger partial charge in [0.1, 0.15) is 17.4 Å². The van der Waals surface area contributed by atoms with Crippen LogP contribution in [0.5, 0.6) is 5.75 Å². The Morgan fingerprint density at radius 1 is 1.06 bits per heavy atom. The molecule has 1 heterocycles. The van der Waals surface area contributed by atoms with Crippen LogP contribution in [-0.4, -0.2) is 18.2 Å². The Kier molecular flexibility index (Phi) is 7.85. The molecule has 1 N–H and O–H groups in total. The van der Waals surface area contributed by atoms with Crippen molar-refractivity contribution in [3.63, 3.8) is 0 Å². The lowest BCUT2D eigenvalue weighted by Gasteiger charge is -2.23. The molecule has 182 valence electrons. The van der Waals surface area contributed by atoms with Gasteiger partial charge in [0.25, 0.3) is 5.91 Å². The molecule has 4 nitrogen and oxygen atoms in total. The van der Waals surface area contributed by atoms with Gasteiger partial charge >= 0.3 is 0 Å². The number of carbonyl (C=O) groups excluding carboxylic acids is 1. The zero-order chi connectivity index (χ0) is 24.0. The van der Waals surface area contributed by atoms with Crippen molar-refractivity contribution in [2.24, 2.45) is 4.99 Å². The second-order valence-corrected chi connectivity index (χ2v) is 10.9. The molecule has 0 spiro atoms. The average Bonchev–Trinajstić information content (AvgIpc) is 3.26. The summed E-state index contributed by atoms with van der Waals surface area (Å²) in [7, 11) is 0. The van der Waals surface area contributed by atoms with E-state index in [0.717, 1.165) is 59.5 Å². The summed E-state index contributed by atoms with van der Waals surface area (Å²) in [6, 6.07) is 15.8. The number of aliphatic imine (C=N–C) groups is 1. The van der Waals surface area contributed by atoms with E-state index in [1.54, 1.807) is 11.3 Å². The lowest BCUT2D eigenvalue weighted by molar-refractivity contribution is 0.0927. The minimum Gasteiger partial charge on any atom is -0.488 e. The van der Waals surface area contributed by atoms with Crippen LogP contribution in [0.1, 0.15) is 76.9 Å². The van der Waals surface area contributed by atoms with E-state index >= 15 is 0 Å². The number of ether oxygens (including phenoxy) is 1. The van der Waals surface area contributed by atoms with Crippen molar-refractivity contribution in [3.8, 4) is 5.75 Å². The molecule has 1 aromatic heterocycles. The molecular formula is C29H31ClN2O2S. The lowest BCUT2D eigenvalue weighted by Crippen LogP contribution is -2.36. The number of amides is 1. The number of aryl methyl sites for hydroxylation is 1. The summed E-state index contributed by atoms with van der Waals surface area (Å²) in [5.74, 6) is 0.805. The average molecular weight is 507 g/mol. The first-order valence-corrected chi connectivity index (χ1v) is 13.8. The van der Waals surface area contributed by atoms with Crippen LogP contribution in [0.2, 0.25) is 5.02 Å². The maximum atomic E-state index is 13.4. The number of benzene rings is 2. The van der Waals surface area contributed by atoms with Crippen LogP contribution < -0.4 is 10.1 Å². The Morgan fingerprint density at radius 3 is 2.74 bits per heavy atom. The van der Waals surface area contributed by atoms with Crippen LogP contribution in [0, 0.1) is 0 Å². The fourth-order valence-electron chi connectivity index (χ4n) is 5.02. The van der Waals surface area contributed by atoms with Crippen molar-refractivity contribution < 1.29 is 9.53 Å². The number of thiophene rings is 1. The second kappa shape index (κ2) is 11.4. The standard InChI is InChI=1S/C29H31ClN2O2S/c30-22-11-8-9-20(17-22)19-34-25-15-6-4-10-21(25)18-31-29-27(24-14-5-7-16-26(24)35-29)28(33)32-23-12-2-1-3-13-23/h4,6,8-11,15,17-18,23H,1-3,5,7,12-14,16,19H2,(H,32,33). The molecule has 0 saturated heterocycles. The highest BCUT2D eigenvalue weighted by atomic mass is 35.5. The topological polar surface area (TPSA) is 50.7 Å². The highest BCUT2D eigenvalue weighted by Crippen LogP contribution is 2.40. The minimum atomic E-state index is 0.0499. The largest absolute Gasteiger partial charge is 0.488 e. The van der Waals surface area contributed by atoms with E-state index in [1.807, 2.05) is 54.7 Å². The van der Waals surface area contributed by atoms with E-state index < -0.39 is 0 Å². The van der Waals surface area contributed by atoms with E-state index in [9.17, 15) is 4.79 Å². The third-order valence-corrected chi connectivity index (χ3v) is 8.28. The van der Waals surface area contributed by atoms with Gasteiger partial charge in [-0.2, -0.15) is 0 Å². The molecule has 2 aliphatic carbocycles. The van der Waals surface area contributed by atoms with Crippen LogP contribution in [0.4, 0.5) is 5.00 Å². The molecule has 35 heavy (non-hydrogen) atoms. The van der Waals surface area contributed by atoms with Crippen molar-refractivity contribution in [1.82, 2.24) is 5.32 Å². The molecule has 5 rings (SSSR count). The zero-order valence-corrected chi connectivity index (χ0v) is 21.5. The van der Waals surface area contributed by atoms with E-state index in [0.29, 0.717) is 11.6 Å². The third kappa shape index (κ3) is 5.96. The number of fused-ring (bicyclic) bond motifs is 1. The van der Waals surface area contributed by atoms with Gasteiger partial charge in [0.05, 0.1) is 5.56 Å². The number of halogens is 1. The van der Waals surface area contributed by atoms with Crippen LogP contribution in [0.3, 0.4) is 0 Å². The van der Waals surface area contributed by atoms with Gasteiger partial charge in [-0.05, 0) is 73.9 Å². The summed E-state index contributed by atoms with van der Waals surface area (Å²) in [6.07, 6.45) is 12.0. The molecule has 3 aromatic rings. The first-order chi connectivity index (χ1) is 17.2. The Morgan fingerprint density at radius 2 is 1.89 bits per heavy atom. The van der Waals surface area contributed by atoms with Gasteiger partial charge in [0, 0.05) is 27.7 Å². The first kappa shape index (κ1) is 24.1. The Balaban J connectivity index is 1.38. The van der Waals surface area contributed by atoms with Crippen molar-refractivity contribution in [2.75, 3.05) is 0 Å². The maximum absolute atomic E-state index is 13.4. The first-order valence-electron chi connectivity index (χ1n) is 12.6. The highest BCUT2D eigenvalue weighted by molar-refractivity contribution is 7.16. The van der Waals surface area contributed by atoms with Crippen molar-refractivity contribution in [3.05, 3.63) is 80.7 Å². The van der Waals surface area contributed by atoms with E-state index in [4.69, 9.17) is 21.3 Å².